The molecule has 0 spiro atoms. The molecule has 1 saturated heterocycles. The Hall–Kier alpha value is -0.160. The lowest BCUT2D eigenvalue weighted by molar-refractivity contribution is 0.241. The molecule has 0 unspecified atom stereocenters. The fourth-order valence-corrected chi connectivity index (χ4v) is 0.318. The smallest absolute Gasteiger partial charge is 0.0157 e. The van der Waals surface area contributed by atoms with E-state index in [4.69, 9.17) is 0 Å². The lowest BCUT2D eigenvalue weighted by atomic mass is 11.2. The van der Waals surface area contributed by atoms with Crippen molar-refractivity contribution in [3.63, 3.8) is 0 Å². The monoisotopic (exact) mass is 87.1 g/mol. The van der Waals surface area contributed by atoms with Gasteiger partial charge in [-0.25, -0.2) is 5.12 Å². The van der Waals surface area contributed by atoms with Crippen molar-refractivity contribution in [1.82, 2.24) is 16.1 Å². The predicted molar refractivity (Wildman–Crippen MR) is 22.3 cm³/mol. The van der Waals surface area contributed by atoms with Gasteiger partial charge in [-0.3, -0.25) is 5.43 Å². The van der Waals surface area contributed by atoms with E-state index >= 15 is 0 Å². The van der Waals surface area contributed by atoms with Gasteiger partial charge in [-0.15, -0.1) is 0 Å². The van der Waals surface area contributed by atoms with E-state index in [9.17, 15) is 0 Å². The van der Waals surface area contributed by atoms with Gasteiger partial charge in [0.25, 0.3) is 0 Å². The van der Waals surface area contributed by atoms with Crippen molar-refractivity contribution in [1.29, 1.82) is 0 Å². The number of nitrogens with one attached hydrogen (secondary N) is 2. The molecule has 1 aliphatic heterocycles. The lowest BCUT2D eigenvalue weighted by Gasteiger charge is -2.11. The van der Waals surface area contributed by atoms with Crippen molar-refractivity contribution in [2.45, 2.75) is 0 Å². The molecule has 4 nitrogen and oxygen atoms in total. The summed E-state index contributed by atoms with van der Waals surface area (Å²) in [5.41, 5.74) is 9.27. The van der Waals surface area contributed by atoms with Crippen LogP contribution in [0.25, 0.3) is 5.43 Å². The zero-order valence-electron chi connectivity index (χ0n) is 3.60. The van der Waals surface area contributed by atoms with Crippen LogP contribution in [0.5, 0.6) is 0 Å². The minimum absolute atomic E-state index is 0.677. The third-order valence-electron chi connectivity index (χ3n) is 0.608. The van der Waals surface area contributed by atoms with Crippen molar-refractivity contribution in [2.75, 3.05) is 13.7 Å². The van der Waals surface area contributed by atoms with Gasteiger partial charge in [-0.1, -0.05) is 6.67 Å². The third-order valence-corrected chi connectivity index (χ3v) is 0.608. The third kappa shape index (κ3) is 0.662. The van der Waals surface area contributed by atoms with Crippen LogP contribution in [0.1, 0.15) is 0 Å². The fourth-order valence-electron chi connectivity index (χ4n) is 0.318. The molecular weight excluding hydrogens is 80.1 g/mol. The zero-order chi connectivity index (χ0) is 4.41. The topological polar surface area (TPSA) is 41.4 Å². The quantitative estimate of drug-likeness (QED) is 0.406. The molecule has 2 N–H and O–H groups in total. The zero-order valence-corrected chi connectivity index (χ0v) is 3.60. The maximum atomic E-state index is 3.73. The molecule has 0 saturated carbocycles. The molecule has 0 amide bonds. The summed E-state index contributed by atoms with van der Waals surface area (Å²) in [6.45, 7) is 0.677. The second-order valence-electron chi connectivity index (χ2n) is 1.13. The number of nitrogens with zero attached hydrogens (tertiary/aromatic N) is 2. The molecule has 0 aliphatic carbocycles. The Labute approximate surface area is 36.4 Å². The first-order chi connectivity index (χ1) is 2.89. The Morgan fingerprint density at radius 1 is 1.83 bits per heavy atom. The second-order valence-corrected chi connectivity index (χ2v) is 1.13. The van der Waals surface area contributed by atoms with Crippen LogP contribution in [-0.2, 0) is 0 Å². The Kier molecular flexibility index (Phi) is 1.02. The molecule has 1 aliphatic rings. The fraction of sp³-hybridized carbons (Fsp3) is 1.00. The van der Waals surface area contributed by atoms with Gasteiger partial charge in [-0.2, -0.15) is 0 Å². The molecular formula is C2H7N4-. The standard InChI is InChI=1S/C2H7N4/c1-6-4-2-3-5-6/h4-5H,2H2,1H3/q-1. The summed E-state index contributed by atoms with van der Waals surface area (Å²) < 4.78 is 0. The largest absolute Gasteiger partial charge is 0.568 e. The maximum absolute atomic E-state index is 3.73. The van der Waals surface area contributed by atoms with E-state index in [1.165, 1.54) is 0 Å². The van der Waals surface area contributed by atoms with Gasteiger partial charge in [-0.05, 0) is 0 Å². The highest BCUT2D eigenvalue weighted by Gasteiger charge is 1.87. The number of hydrogen-bond acceptors (Lipinski definition) is 3. The van der Waals surface area contributed by atoms with E-state index in [2.05, 4.69) is 16.4 Å². The van der Waals surface area contributed by atoms with E-state index in [1.54, 1.807) is 5.12 Å². The van der Waals surface area contributed by atoms with E-state index in [0.717, 1.165) is 0 Å². The Balaban J connectivity index is 2.18. The summed E-state index contributed by atoms with van der Waals surface area (Å²) in [7, 11) is 1.86. The van der Waals surface area contributed by atoms with Crippen LogP contribution in [-0.4, -0.2) is 18.8 Å². The van der Waals surface area contributed by atoms with Crippen LogP contribution in [0.4, 0.5) is 0 Å². The highest BCUT2D eigenvalue weighted by atomic mass is 15.9. The van der Waals surface area contributed by atoms with Gasteiger partial charge in [0.1, 0.15) is 0 Å². The molecule has 0 aromatic heterocycles. The van der Waals surface area contributed by atoms with Crippen LogP contribution in [0.15, 0.2) is 0 Å². The van der Waals surface area contributed by atoms with Crippen LogP contribution in [0.2, 0.25) is 0 Å². The normalized spacial score (nSPS) is 25.5. The molecule has 0 aromatic carbocycles. The number of hydrogen-bond donors (Lipinski definition) is 2. The Morgan fingerprint density at radius 3 is 2.83 bits per heavy atom. The second kappa shape index (κ2) is 1.53. The maximum Gasteiger partial charge on any atom is 0.0157 e. The average molecular weight is 87.1 g/mol. The van der Waals surface area contributed by atoms with Crippen molar-refractivity contribution >= 4 is 0 Å². The lowest BCUT2D eigenvalue weighted by Crippen LogP contribution is -2.32. The molecule has 1 fully saturated rings. The molecule has 1 heterocycles. The van der Waals surface area contributed by atoms with Crippen molar-refractivity contribution in [2.24, 2.45) is 0 Å². The van der Waals surface area contributed by atoms with Gasteiger partial charge in [0, 0.05) is 7.05 Å². The van der Waals surface area contributed by atoms with E-state index in [-0.39, 0.29) is 0 Å². The van der Waals surface area contributed by atoms with E-state index in [1.807, 2.05) is 7.05 Å². The predicted octanol–water partition coefficient (Wildman–Crippen LogP) is -0.813. The SMILES string of the molecule is CN1NC[N-]N1. The molecule has 1 rings (SSSR count). The Bertz CT molecular complexity index is 38.8. The first-order valence-corrected chi connectivity index (χ1v) is 1.79. The summed E-state index contributed by atoms with van der Waals surface area (Å²) in [6, 6.07) is 0. The number of rotatable bonds is 0. The van der Waals surface area contributed by atoms with Gasteiger partial charge in [0.05, 0.1) is 0 Å². The minimum atomic E-state index is 0.677. The van der Waals surface area contributed by atoms with Crippen LogP contribution in [0.3, 0.4) is 0 Å². The molecule has 6 heavy (non-hydrogen) atoms. The van der Waals surface area contributed by atoms with Crippen molar-refractivity contribution in [3.8, 4) is 0 Å². The van der Waals surface area contributed by atoms with Crippen molar-refractivity contribution < 1.29 is 0 Å². The molecule has 0 atom stereocenters. The first kappa shape index (κ1) is 4.01. The summed E-state index contributed by atoms with van der Waals surface area (Å²) in [6.07, 6.45) is 0. The van der Waals surface area contributed by atoms with Crippen LogP contribution >= 0.6 is 0 Å². The Morgan fingerprint density at radius 2 is 2.67 bits per heavy atom. The van der Waals surface area contributed by atoms with Gasteiger partial charge in [0.2, 0.25) is 0 Å². The molecule has 4 heteroatoms. The highest BCUT2D eigenvalue weighted by molar-refractivity contribution is 4.70. The molecule has 0 bridgehead atoms. The van der Waals surface area contributed by atoms with Gasteiger partial charge < -0.3 is 11.0 Å². The summed E-state index contributed by atoms with van der Waals surface area (Å²) in [5.74, 6) is 0. The molecule has 0 radical (unpaired) electrons. The van der Waals surface area contributed by atoms with E-state index in [0.29, 0.717) is 6.67 Å². The first-order valence-electron chi connectivity index (χ1n) is 1.79. The minimum Gasteiger partial charge on any atom is -0.568 e. The highest BCUT2D eigenvalue weighted by Crippen LogP contribution is 1.83. The van der Waals surface area contributed by atoms with Gasteiger partial charge in [0.15, 0.2) is 0 Å². The van der Waals surface area contributed by atoms with Gasteiger partial charge >= 0.3 is 0 Å². The average Bonchev–Trinajstić information content (AvgIpc) is 1.86. The van der Waals surface area contributed by atoms with Crippen LogP contribution in [0, 0.1) is 0 Å². The summed E-state index contributed by atoms with van der Waals surface area (Å²) in [5, 5.41) is 1.69. The molecule has 36 valence electrons. The number of hydrazine groups is 2. The van der Waals surface area contributed by atoms with Crippen LogP contribution < -0.4 is 11.0 Å². The van der Waals surface area contributed by atoms with E-state index < -0.39 is 0 Å². The van der Waals surface area contributed by atoms with Crippen molar-refractivity contribution in [3.05, 3.63) is 5.43 Å². The molecule has 0 aromatic rings. The summed E-state index contributed by atoms with van der Waals surface area (Å²) in [4.78, 5) is 0. The summed E-state index contributed by atoms with van der Waals surface area (Å²) >= 11 is 0.